The maximum absolute atomic E-state index is 11.9. The molecule has 0 spiro atoms. The van der Waals surface area contributed by atoms with Crippen LogP contribution < -0.4 is 0 Å². The number of methoxy groups -OCH3 is 1. The van der Waals surface area contributed by atoms with E-state index in [0.29, 0.717) is 10.9 Å². The number of aliphatic hydroxyl groups is 1. The van der Waals surface area contributed by atoms with Gasteiger partial charge in [0.1, 0.15) is 0 Å². The van der Waals surface area contributed by atoms with E-state index in [1.165, 1.54) is 7.11 Å². The third-order valence-corrected chi connectivity index (χ3v) is 4.52. The van der Waals surface area contributed by atoms with Crippen molar-refractivity contribution < 1.29 is 14.6 Å². The summed E-state index contributed by atoms with van der Waals surface area (Å²) >= 11 is 6.12. The minimum absolute atomic E-state index is 0.194. The van der Waals surface area contributed by atoms with Crippen molar-refractivity contribution in [2.45, 2.75) is 60.0 Å². The average molecular weight is 446 g/mol. The van der Waals surface area contributed by atoms with Crippen molar-refractivity contribution in [3.63, 3.8) is 0 Å². The maximum atomic E-state index is 11.9. The van der Waals surface area contributed by atoms with E-state index in [-0.39, 0.29) is 12.4 Å². The Kier molecular flexibility index (Phi) is 8.21. The fourth-order valence-corrected chi connectivity index (χ4v) is 3.25. The first-order valence-electron chi connectivity index (χ1n) is 10.3. The molecule has 0 atom stereocenters. The summed E-state index contributed by atoms with van der Waals surface area (Å²) in [6, 6.07) is 9.54. The molecule has 3 rings (SSSR count). The molecule has 6 nitrogen and oxygen atoms in total. The number of aromatic nitrogens is 3. The van der Waals surface area contributed by atoms with Crippen LogP contribution in [-0.2, 0) is 22.4 Å². The molecule has 2 heterocycles. The summed E-state index contributed by atoms with van der Waals surface area (Å²) in [6.07, 6.45) is 0.989. The third kappa shape index (κ3) is 7.33. The highest BCUT2D eigenvalue weighted by Gasteiger charge is 2.19. The van der Waals surface area contributed by atoms with Crippen molar-refractivity contribution >= 4 is 23.2 Å². The zero-order chi connectivity index (χ0) is 23.3. The van der Waals surface area contributed by atoms with E-state index in [4.69, 9.17) is 26.5 Å². The minimum Gasteiger partial charge on any atom is -0.469 e. The molecule has 0 aliphatic rings. The first-order chi connectivity index (χ1) is 14.4. The SMILES string of the molecule is CC(C)(C)O.COC(=O)Cc1c(C)nc2cc(-c3cccc(Cl)c3)nn2c1CC(C)C. The van der Waals surface area contributed by atoms with Crippen LogP contribution in [0.15, 0.2) is 30.3 Å². The van der Waals surface area contributed by atoms with E-state index in [1.807, 2.05) is 41.8 Å². The monoisotopic (exact) mass is 445 g/mol. The summed E-state index contributed by atoms with van der Waals surface area (Å²) in [6.45, 7) is 11.4. The molecule has 0 aliphatic carbocycles. The van der Waals surface area contributed by atoms with Crippen LogP contribution in [0.3, 0.4) is 0 Å². The highest BCUT2D eigenvalue weighted by molar-refractivity contribution is 6.30. The molecule has 0 amide bonds. The molecule has 7 heteroatoms. The average Bonchev–Trinajstić information content (AvgIpc) is 3.06. The van der Waals surface area contributed by atoms with Gasteiger partial charge in [0.2, 0.25) is 0 Å². The largest absolute Gasteiger partial charge is 0.469 e. The predicted molar refractivity (Wildman–Crippen MR) is 124 cm³/mol. The molecule has 0 saturated carbocycles. The van der Waals surface area contributed by atoms with Crippen LogP contribution in [0.2, 0.25) is 5.02 Å². The van der Waals surface area contributed by atoms with Gasteiger partial charge in [-0.05, 0) is 52.2 Å². The molecule has 2 aromatic heterocycles. The first-order valence-corrected chi connectivity index (χ1v) is 10.7. The van der Waals surface area contributed by atoms with E-state index < -0.39 is 5.60 Å². The van der Waals surface area contributed by atoms with Gasteiger partial charge in [0.05, 0.1) is 30.5 Å². The Morgan fingerprint density at radius 1 is 1.26 bits per heavy atom. The highest BCUT2D eigenvalue weighted by Crippen LogP contribution is 2.26. The Morgan fingerprint density at radius 2 is 1.90 bits per heavy atom. The predicted octanol–water partition coefficient (Wildman–Crippen LogP) is 5.05. The van der Waals surface area contributed by atoms with E-state index in [2.05, 4.69) is 18.8 Å². The standard InChI is InChI=1S/C20H22ClN3O2.C4H10O/c1-12(2)8-18-16(10-20(25)26-4)13(3)22-19-11-17(23-24(18)19)14-6-5-7-15(21)9-14;1-4(2,3)5/h5-7,9,11-12H,8,10H2,1-4H3;5H,1-3H3. The van der Waals surface area contributed by atoms with Gasteiger partial charge in [0.25, 0.3) is 0 Å². The Bertz CT molecular complexity index is 1050. The van der Waals surface area contributed by atoms with Gasteiger partial charge in [0.15, 0.2) is 5.65 Å². The number of fused-ring (bicyclic) bond motifs is 1. The smallest absolute Gasteiger partial charge is 0.310 e. The number of hydrogen-bond donors (Lipinski definition) is 1. The summed E-state index contributed by atoms with van der Waals surface area (Å²) in [5.41, 5.74) is 4.73. The van der Waals surface area contributed by atoms with Crippen molar-refractivity contribution in [2.24, 2.45) is 5.92 Å². The number of ether oxygens (including phenoxy) is 1. The topological polar surface area (TPSA) is 76.7 Å². The molecule has 0 radical (unpaired) electrons. The maximum Gasteiger partial charge on any atom is 0.310 e. The number of nitrogens with zero attached hydrogens (tertiary/aromatic N) is 3. The molecule has 1 aromatic carbocycles. The Hall–Kier alpha value is -2.44. The second-order valence-corrected chi connectivity index (χ2v) is 9.39. The Morgan fingerprint density at radius 3 is 2.45 bits per heavy atom. The number of rotatable bonds is 5. The molecule has 1 N–H and O–H groups in total. The summed E-state index contributed by atoms with van der Waals surface area (Å²) in [7, 11) is 1.40. The lowest BCUT2D eigenvalue weighted by molar-refractivity contribution is -0.139. The van der Waals surface area contributed by atoms with Crippen LogP contribution in [0.1, 0.15) is 51.6 Å². The first kappa shape index (κ1) is 24.8. The number of aryl methyl sites for hydroxylation is 1. The molecule has 0 bridgehead atoms. The summed E-state index contributed by atoms with van der Waals surface area (Å²) < 4.78 is 6.71. The number of esters is 1. The van der Waals surface area contributed by atoms with Crippen molar-refractivity contribution in [3.8, 4) is 11.3 Å². The van der Waals surface area contributed by atoms with Crippen LogP contribution in [0.5, 0.6) is 0 Å². The van der Waals surface area contributed by atoms with Crippen LogP contribution in [0.4, 0.5) is 0 Å². The fraction of sp³-hybridized carbons (Fsp3) is 0.458. The van der Waals surface area contributed by atoms with Crippen LogP contribution >= 0.6 is 11.6 Å². The quantitative estimate of drug-likeness (QED) is 0.556. The Balaban J connectivity index is 0.000000614. The van der Waals surface area contributed by atoms with Gasteiger partial charge >= 0.3 is 5.97 Å². The van der Waals surface area contributed by atoms with Gasteiger partial charge in [-0.3, -0.25) is 4.79 Å². The van der Waals surface area contributed by atoms with E-state index in [0.717, 1.165) is 40.3 Å². The lowest BCUT2D eigenvalue weighted by atomic mass is 10.0. The number of halogens is 1. The zero-order valence-electron chi connectivity index (χ0n) is 19.4. The van der Waals surface area contributed by atoms with Crippen LogP contribution in [-0.4, -0.2) is 38.4 Å². The van der Waals surface area contributed by atoms with Gasteiger partial charge in [0, 0.05) is 27.9 Å². The van der Waals surface area contributed by atoms with Crippen molar-refractivity contribution in [3.05, 3.63) is 52.3 Å². The van der Waals surface area contributed by atoms with Crippen molar-refractivity contribution in [1.29, 1.82) is 0 Å². The second kappa shape index (κ2) is 10.2. The van der Waals surface area contributed by atoms with Crippen LogP contribution in [0, 0.1) is 12.8 Å². The zero-order valence-corrected chi connectivity index (χ0v) is 20.1. The molecule has 0 saturated heterocycles. The summed E-state index contributed by atoms with van der Waals surface area (Å²) in [4.78, 5) is 16.5. The van der Waals surface area contributed by atoms with E-state index in [9.17, 15) is 4.79 Å². The molecule has 168 valence electrons. The molecule has 31 heavy (non-hydrogen) atoms. The van der Waals surface area contributed by atoms with E-state index >= 15 is 0 Å². The number of carbonyl (C=O) groups excluding carboxylic acids is 1. The molecule has 3 aromatic rings. The minimum atomic E-state index is -0.500. The summed E-state index contributed by atoms with van der Waals surface area (Å²) in [5.74, 6) is 0.136. The van der Waals surface area contributed by atoms with Crippen molar-refractivity contribution in [1.82, 2.24) is 14.6 Å². The third-order valence-electron chi connectivity index (χ3n) is 4.28. The van der Waals surface area contributed by atoms with Crippen LogP contribution in [0.25, 0.3) is 16.9 Å². The lowest BCUT2D eigenvalue weighted by Crippen LogP contribution is -2.15. The molecule has 0 aliphatic heterocycles. The number of hydrogen-bond acceptors (Lipinski definition) is 5. The molecular formula is C24H32ClN3O3. The normalized spacial score (nSPS) is 11.4. The van der Waals surface area contributed by atoms with Gasteiger partial charge in [-0.25, -0.2) is 9.50 Å². The lowest BCUT2D eigenvalue weighted by Gasteiger charge is -2.15. The fourth-order valence-electron chi connectivity index (χ4n) is 3.06. The second-order valence-electron chi connectivity index (χ2n) is 8.95. The summed E-state index contributed by atoms with van der Waals surface area (Å²) in [5, 5.41) is 13.9. The number of carbonyl (C=O) groups is 1. The van der Waals surface area contributed by atoms with E-state index in [1.54, 1.807) is 20.8 Å². The highest BCUT2D eigenvalue weighted by atomic mass is 35.5. The number of benzene rings is 1. The molecular weight excluding hydrogens is 414 g/mol. The molecule has 0 fully saturated rings. The van der Waals surface area contributed by atoms with Gasteiger partial charge in [-0.2, -0.15) is 5.10 Å². The molecule has 0 unspecified atom stereocenters. The van der Waals surface area contributed by atoms with Gasteiger partial charge < -0.3 is 9.84 Å². The van der Waals surface area contributed by atoms with Gasteiger partial charge in [-0.15, -0.1) is 0 Å². The van der Waals surface area contributed by atoms with Crippen molar-refractivity contribution in [2.75, 3.05) is 7.11 Å². The Labute approximate surface area is 189 Å². The van der Waals surface area contributed by atoms with Gasteiger partial charge in [-0.1, -0.05) is 37.6 Å².